The quantitative estimate of drug-likeness (QED) is 0.500. The van der Waals surface area contributed by atoms with Crippen LogP contribution in [0.25, 0.3) is 0 Å². The first-order valence-electron chi connectivity index (χ1n) is 4.45. The molecule has 1 heteroatoms. The molecule has 64 valence electrons. The highest BCUT2D eigenvalue weighted by Crippen LogP contribution is 2.51. The van der Waals surface area contributed by atoms with Crippen molar-refractivity contribution in [2.75, 3.05) is 0 Å². The van der Waals surface area contributed by atoms with Crippen LogP contribution in [0.1, 0.15) is 27.2 Å². The molecule has 0 spiro atoms. The van der Waals surface area contributed by atoms with Gasteiger partial charge in [0.1, 0.15) is 0 Å². The molecule has 2 aliphatic rings. The summed E-state index contributed by atoms with van der Waals surface area (Å²) in [4.78, 5) is 11.6. The molecule has 0 N–H and O–H groups in total. The molecule has 0 unspecified atom stereocenters. The predicted octanol–water partition coefficient (Wildman–Crippen LogP) is 2.49. The van der Waals surface area contributed by atoms with Crippen LogP contribution in [0.5, 0.6) is 0 Å². The molecule has 0 aliphatic heterocycles. The lowest BCUT2D eigenvalue weighted by Crippen LogP contribution is -2.24. The first kappa shape index (κ1) is 7.78. The molecule has 2 atom stereocenters. The minimum atomic E-state index is 0.126. The Balaban J connectivity index is 2.47. The maximum atomic E-state index is 11.6. The van der Waals surface area contributed by atoms with Crippen molar-refractivity contribution in [1.29, 1.82) is 0 Å². The van der Waals surface area contributed by atoms with E-state index in [9.17, 15) is 4.79 Å². The minimum Gasteiger partial charge on any atom is -0.294 e. The van der Waals surface area contributed by atoms with E-state index in [0.717, 1.165) is 6.42 Å². The Morgan fingerprint density at radius 3 is 2.75 bits per heavy atom. The van der Waals surface area contributed by atoms with E-state index in [2.05, 4.69) is 26.8 Å². The number of hydrogen-bond donors (Lipinski definition) is 0. The summed E-state index contributed by atoms with van der Waals surface area (Å²) in [6.07, 6.45) is 5.07. The molecule has 0 radical (unpaired) electrons. The molecule has 0 saturated carbocycles. The van der Waals surface area contributed by atoms with Crippen LogP contribution in [0.15, 0.2) is 23.3 Å². The Morgan fingerprint density at radius 1 is 1.50 bits per heavy atom. The zero-order valence-corrected chi connectivity index (χ0v) is 7.85. The Hall–Kier alpha value is -0.850. The molecular formula is C11H14O. The third-order valence-electron chi connectivity index (χ3n) is 3.48. The second-order valence-electron chi connectivity index (χ2n) is 4.23. The monoisotopic (exact) mass is 162 g/mol. The van der Waals surface area contributed by atoms with Gasteiger partial charge < -0.3 is 0 Å². The molecule has 2 aliphatic carbocycles. The van der Waals surface area contributed by atoms with Gasteiger partial charge in [0.05, 0.1) is 5.92 Å². The van der Waals surface area contributed by atoms with Crippen LogP contribution in [-0.2, 0) is 4.79 Å². The highest BCUT2D eigenvalue weighted by Gasteiger charge is 2.47. The molecule has 2 rings (SSSR count). The van der Waals surface area contributed by atoms with Crippen LogP contribution in [0.3, 0.4) is 0 Å². The fraction of sp³-hybridized carbons (Fsp3) is 0.545. The van der Waals surface area contributed by atoms with Gasteiger partial charge in [0, 0.05) is 5.41 Å². The van der Waals surface area contributed by atoms with Gasteiger partial charge in [0.15, 0.2) is 5.78 Å². The van der Waals surface area contributed by atoms with E-state index < -0.39 is 0 Å². The number of carbonyl (C=O) groups excluding carboxylic acids is 1. The van der Waals surface area contributed by atoms with Gasteiger partial charge in [-0.2, -0.15) is 0 Å². The molecule has 0 heterocycles. The largest absolute Gasteiger partial charge is 0.294 e. The minimum absolute atomic E-state index is 0.126. The average Bonchev–Trinajstić information content (AvgIpc) is 2.38. The number of ketones is 1. The van der Waals surface area contributed by atoms with Gasteiger partial charge in [0.2, 0.25) is 0 Å². The second-order valence-corrected chi connectivity index (χ2v) is 4.23. The van der Waals surface area contributed by atoms with Gasteiger partial charge in [-0.1, -0.05) is 24.1 Å². The standard InChI is InChI=1S/C11H14O/c1-7-4-5-11(3)8(2)6-9(12)10(7)11/h4,6,10H,5H2,1-3H3/t10-,11+/m1/s1. The van der Waals surface area contributed by atoms with Crippen LogP contribution in [0.2, 0.25) is 0 Å². The normalized spacial score (nSPS) is 39.6. The zero-order valence-electron chi connectivity index (χ0n) is 7.85. The average molecular weight is 162 g/mol. The van der Waals surface area contributed by atoms with Crippen LogP contribution < -0.4 is 0 Å². The molecule has 0 aromatic carbocycles. The van der Waals surface area contributed by atoms with E-state index in [1.54, 1.807) is 0 Å². The van der Waals surface area contributed by atoms with Crippen LogP contribution in [0.4, 0.5) is 0 Å². The van der Waals surface area contributed by atoms with Crippen molar-refractivity contribution in [3.05, 3.63) is 23.3 Å². The lowest BCUT2D eigenvalue weighted by atomic mass is 9.76. The molecule has 0 saturated heterocycles. The van der Waals surface area contributed by atoms with E-state index >= 15 is 0 Å². The molecule has 0 aromatic rings. The van der Waals surface area contributed by atoms with E-state index in [0.29, 0.717) is 5.78 Å². The summed E-state index contributed by atoms with van der Waals surface area (Å²) >= 11 is 0. The lowest BCUT2D eigenvalue weighted by molar-refractivity contribution is -0.117. The number of rotatable bonds is 0. The van der Waals surface area contributed by atoms with Gasteiger partial charge >= 0.3 is 0 Å². The van der Waals surface area contributed by atoms with Crippen molar-refractivity contribution < 1.29 is 4.79 Å². The maximum absolute atomic E-state index is 11.6. The highest BCUT2D eigenvalue weighted by atomic mass is 16.1. The molecule has 1 nitrogen and oxygen atoms in total. The molecule has 0 amide bonds. The fourth-order valence-electron chi connectivity index (χ4n) is 2.50. The molecular weight excluding hydrogens is 148 g/mol. The summed E-state index contributed by atoms with van der Waals surface area (Å²) in [5.74, 6) is 0.471. The summed E-state index contributed by atoms with van der Waals surface area (Å²) in [5, 5.41) is 0. The van der Waals surface area contributed by atoms with Gasteiger partial charge in [0.25, 0.3) is 0 Å². The van der Waals surface area contributed by atoms with Crippen molar-refractivity contribution in [3.8, 4) is 0 Å². The van der Waals surface area contributed by atoms with Gasteiger partial charge in [-0.05, 0) is 26.3 Å². The van der Waals surface area contributed by atoms with E-state index in [1.807, 2.05) is 6.08 Å². The zero-order chi connectivity index (χ0) is 8.93. The van der Waals surface area contributed by atoms with Gasteiger partial charge in [-0.15, -0.1) is 0 Å². The molecule has 0 bridgehead atoms. The molecule has 0 aromatic heterocycles. The third kappa shape index (κ3) is 0.715. The maximum Gasteiger partial charge on any atom is 0.163 e. The van der Waals surface area contributed by atoms with Crippen molar-refractivity contribution in [2.45, 2.75) is 27.2 Å². The summed E-state index contributed by atoms with van der Waals surface area (Å²) in [6.45, 7) is 6.34. The Kier molecular flexibility index (Phi) is 1.36. The summed E-state index contributed by atoms with van der Waals surface area (Å²) in [5.41, 5.74) is 2.64. The van der Waals surface area contributed by atoms with Gasteiger partial charge in [-0.3, -0.25) is 4.79 Å². The molecule has 0 fully saturated rings. The van der Waals surface area contributed by atoms with Crippen LogP contribution >= 0.6 is 0 Å². The first-order chi connectivity index (χ1) is 5.55. The fourth-order valence-corrected chi connectivity index (χ4v) is 2.50. The first-order valence-corrected chi connectivity index (χ1v) is 4.45. The number of hydrogen-bond acceptors (Lipinski definition) is 1. The smallest absolute Gasteiger partial charge is 0.163 e. The molecule has 12 heavy (non-hydrogen) atoms. The number of allylic oxidation sites excluding steroid dienone is 4. The summed E-state index contributed by atoms with van der Waals surface area (Å²) in [7, 11) is 0. The van der Waals surface area contributed by atoms with Crippen molar-refractivity contribution >= 4 is 5.78 Å². The van der Waals surface area contributed by atoms with E-state index in [-0.39, 0.29) is 11.3 Å². The number of carbonyl (C=O) groups is 1. The second kappa shape index (κ2) is 2.09. The topological polar surface area (TPSA) is 17.1 Å². The number of fused-ring (bicyclic) bond motifs is 1. The Morgan fingerprint density at radius 2 is 2.17 bits per heavy atom. The van der Waals surface area contributed by atoms with E-state index in [1.165, 1.54) is 11.1 Å². The van der Waals surface area contributed by atoms with Crippen molar-refractivity contribution in [2.24, 2.45) is 11.3 Å². The predicted molar refractivity (Wildman–Crippen MR) is 48.7 cm³/mol. The van der Waals surface area contributed by atoms with Crippen molar-refractivity contribution in [3.63, 3.8) is 0 Å². The van der Waals surface area contributed by atoms with Crippen LogP contribution in [0, 0.1) is 11.3 Å². The third-order valence-corrected chi connectivity index (χ3v) is 3.48. The summed E-state index contributed by atoms with van der Waals surface area (Å²) < 4.78 is 0. The Bertz CT molecular complexity index is 309. The Labute approximate surface area is 73.2 Å². The van der Waals surface area contributed by atoms with Crippen LogP contribution in [-0.4, -0.2) is 5.78 Å². The highest BCUT2D eigenvalue weighted by molar-refractivity contribution is 5.99. The van der Waals surface area contributed by atoms with Crippen molar-refractivity contribution in [1.82, 2.24) is 0 Å². The lowest BCUT2D eigenvalue weighted by Gasteiger charge is -2.26. The SMILES string of the molecule is CC1=CC[C@@]2(C)C(C)=CC(=O)[C@@H]12. The van der Waals surface area contributed by atoms with Gasteiger partial charge in [-0.25, -0.2) is 0 Å². The van der Waals surface area contributed by atoms with E-state index in [4.69, 9.17) is 0 Å². The summed E-state index contributed by atoms with van der Waals surface area (Å²) in [6, 6.07) is 0.